The Balaban J connectivity index is 1.99. The highest BCUT2D eigenvalue weighted by atomic mass is 35.5. The van der Waals surface area contributed by atoms with E-state index in [-0.39, 0.29) is 22.4 Å². The van der Waals surface area contributed by atoms with Gasteiger partial charge in [0.15, 0.2) is 11.5 Å². The molecule has 2 heterocycles. The molecule has 1 aliphatic heterocycles. The second-order valence-electron chi connectivity index (χ2n) is 4.72. The first kappa shape index (κ1) is 13.7. The van der Waals surface area contributed by atoms with Crippen molar-refractivity contribution < 1.29 is 14.6 Å². The first-order valence-electron chi connectivity index (χ1n) is 6.43. The Morgan fingerprint density at radius 1 is 1.48 bits per heavy atom. The summed E-state index contributed by atoms with van der Waals surface area (Å²) in [6, 6.07) is 4.75. The average molecular weight is 305 g/mol. The van der Waals surface area contributed by atoms with E-state index < -0.39 is 0 Å². The van der Waals surface area contributed by atoms with Gasteiger partial charge >= 0.3 is 0 Å². The third-order valence-corrected chi connectivity index (χ3v) is 3.80. The maximum atomic E-state index is 12.7. The van der Waals surface area contributed by atoms with Gasteiger partial charge in [-0.15, -0.1) is 0 Å². The maximum Gasteiger partial charge on any atom is 0.258 e. The number of phenolic OH excluding ortho intramolecular Hbond substituents is 1. The highest BCUT2D eigenvalue weighted by molar-refractivity contribution is 6.32. The van der Waals surface area contributed by atoms with E-state index in [2.05, 4.69) is 4.98 Å². The fourth-order valence-electron chi connectivity index (χ4n) is 2.45. The van der Waals surface area contributed by atoms with Gasteiger partial charge < -0.3 is 14.7 Å². The first-order valence-corrected chi connectivity index (χ1v) is 6.81. The summed E-state index contributed by atoms with van der Waals surface area (Å²) in [5.41, 5.74) is 2.28. The van der Waals surface area contributed by atoms with Crippen LogP contribution in [0, 0.1) is 0 Å². The van der Waals surface area contributed by atoms with Gasteiger partial charge in [-0.25, -0.2) is 0 Å². The smallest absolute Gasteiger partial charge is 0.258 e. The number of anilines is 1. The summed E-state index contributed by atoms with van der Waals surface area (Å²) in [5, 5.41) is 9.83. The Morgan fingerprint density at radius 2 is 2.29 bits per heavy atom. The molecule has 2 aromatic rings. The molecule has 0 radical (unpaired) electrons. The third kappa shape index (κ3) is 2.29. The fraction of sp³-hybridized carbons (Fsp3) is 0.200. The van der Waals surface area contributed by atoms with Crippen molar-refractivity contribution in [3.05, 3.63) is 46.7 Å². The van der Waals surface area contributed by atoms with E-state index in [4.69, 9.17) is 16.3 Å². The number of hydrogen-bond donors (Lipinski definition) is 1. The van der Waals surface area contributed by atoms with E-state index in [0.29, 0.717) is 12.1 Å². The number of benzene rings is 1. The molecule has 5 nitrogen and oxygen atoms in total. The van der Waals surface area contributed by atoms with Crippen molar-refractivity contribution in [1.82, 2.24) is 4.98 Å². The van der Waals surface area contributed by atoms with Gasteiger partial charge in [-0.3, -0.25) is 9.78 Å². The molecule has 6 heteroatoms. The number of halogens is 1. The van der Waals surface area contributed by atoms with Gasteiger partial charge in [-0.1, -0.05) is 11.6 Å². The van der Waals surface area contributed by atoms with Crippen LogP contribution in [0.2, 0.25) is 5.02 Å². The van der Waals surface area contributed by atoms with Crippen LogP contribution >= 0.6 is 11.6 Å². The molecule has 1 amide bonds. The molecule has 1 aromatic heterocycles. The van der Waals surface area contributed by atoms with Gasteiger partial charge in [0.25, 0.3) is 5.91 Å². The fourth-order valence-corrected chi connectivity index (χ4v) is 2.66. The standard InChI is InChI=1S/C15H13ClN2O3/c1-21-13-7-10(6-11(16)14(13)19)15(20)18-5-3-9-8-17-4-2-12(9)18/h2,4,6-8,19H,3,5H2,1H3. The van der Waals surface area contributed by atoms with Gasteiger partial charge in [0.05, 0.1) is 17.8 Å². The lowest BCUT2D eigenvalue weighted by atomic mass is 10.1. The van der Waals surface area contributed by atoms with Gasteiger partial charge in [0.1, 0.15) is 0 Å². The first-order chi connectivity index (χ1) is 10.1. The van der Waals surface area contributed by atoms with Crippen molar-refractivity contribution in [3.8, 4) is 11.5 Å². The number of carbonyl (C=O) groups is 1. The van der Waals surface area contributed by atoms with Crippen LogP contribution in [0.4, 0.5) is 5.69 Å². The number of hydrogen-bond acceptors (Lipinski definition) is 4. The molecule has 1 aliphatic rings. The maximum absolute atomic E-state index is 12.7. The second-order valence-corrected chi connectivity index (χ2v) is 5.13. The van der Waals surface area contributed by atoms with Crippen LogP contribution in [0.15, 0.2) is 30.6 Å². The number of amides is 1. The highest BCUT2D eigenvalue weighted by Gasteiger charge is 2.26. The number of nitrogens with zero attached hydrogens (tertiary/aromatic N) is 2. The third-order valence-electron chi connectivity index (χ3n) is 3.51. The summed E-state index contributed by atoms with van der Waals surface area (Å²) in [7, 11) is 1.41. The number of aromatic nitrogens is 1. The van der Waals surface area contributed by atoms with Crippen LogP contribution in [-0.4, -0.2) is 29.7 Å². The lowest BCUT2D eigenvalue weighted by Crippen LogP contribution is -2.28. The summed E-state index contributed by atoms with van der Waals surface area (Å²) in [6.07, 6.45) is 4.21. The Bertz CT molecular complexity index is 718. The number of pyridine rings is 1. The molecule has 0 fully saturated rings. The molecule has 0 bridgehead atoms. The molecule has 3 rings (SSSR count). The average Bonchev–Trinajstić information content (AvgIpc) is 2.93. The number of rotatable bonds is 2. The number of phenols is 1. The molecule has 21 heavy (non-hydrogen) atoms. The molecular weight excluding hydrogens is 292 g/mol. The molecular formula is C15H13ClN2O3. The van der Waals surface area contributed by atoms with E-state index in [1.807, 2.05) is 6.07 Å². The van der Waals surface area contributed by atoms with Crippen LogP contribution < -0.4 is 9.64 Å². The van der Waals surface area contributed by atoms with Crippen molar-refractivity contribution >= 4 is 23.2 Å². The molecule has 0 unspecified atom stereocenters. The predicted octanol–water partition coefficient (Wildman–Crippen LogP) is 2.65. The van der Waals surface area contributed by atoms with Crippen LogP contribution in [0.3, 0.4) is 0 Å². The van der Waals surface area contributed by atoms with Crippen molar-refractivity contribution in [3.63, 3.8) is 0 Å². The molecule has 108 valence electrons. The van der Waals surface area contributed by atoms with Crippen LogP contribution in [-0.2, 0) is 6.42 Å². The number of aromatic hydroxyl groups is 1. The number of fused-ring (bicyclic) bond motifs is 1. The van der Waals surface area contributed by atoms with Crippen LogP contribution in [0.1, 0.15) is 15.9 Å². The topological polar surface area (TPSA) is 62.7 Å². The number of methoxy groups -OCH3 is 1. The summed E-state index contributed by atoms with van der Waals surface area (Å²) < 4.78 is 5.03. The Morgan fingerprint density at radius 3 is 3.05 bits per heavy atom. The monoisotopic (exact) mass is 304 g/mol. The zero-order valence-electron chi connectivity index (χ0n) is 11.3. The molecule has 1 N–H and O–H groups in total. The zero-order chi connectivity index (χ0) is 15.0. The molecule has 0 spiro atoms. The van der Waals surface area contributed by atoms with E-state index in [1.54, 1.807) is 17.3 Å². The van der Waals surface area contributed by atoms with E-state index in [9.17, 15) is 9.90 Å². The molecule has 0 saturated heterocycles. The minimum absolute atomic E-state index is 0.0897. The van der Waals surface area contributed by atoms with Crippen molar-refractivity contribution in [2.24, 2.45) is 0 Å². The van der Waals surface area contributed by atoms with Crippen molar-refractivity contribution in [1.29, 1.82) is 0 Å². The lowest BCUT2D eigenvalue weighted by Gasteiger charge is -2.18. The summed E-state index contributed by atoms with van der Waals surface area (Å²) >= 11 is 5.94. The van der Waals surface area contributed by atoms with Crippen molar-refractivity contribution in [2.75, 3.05) is 18.6 Å². The van der Waals surface area contributed by atoms with Gasteiger partial charge in [-0.05, 0) is 30.2 Å². The van der Waals surface area contributed by atoms with Gasteiger partial charge in [0, 0.05) is 24.5 Å². The summed E-state index contributed by atoms with van der Waals surface area (Å²) in [5.74, 6) is -0.165. The van der Waals surface area contributed by atoms with Gasteiger partial charge in [0.2, 0.25) is 0 Å². The van der Waals surface area contributed by atoms with Gasteiger partial charge in [-0.2, -0.15) is 0 Å². The minimum atomic E-state index is -0.180. The quantitative estimate of drug-likeness (QED) is 0.926. The number of ether oxygens (including phenoxy) is 1. The summed E-state index contributed by atoms with van der Waals surface area (Å²) in [4.78, 5) is 18.4. The van der Waals surface area contributed by atoms with Crippen LogP contribution in [0.5, 0.6) is 11.5 Å². The highest BCUT2D eigenvalue weighted by Crippen LogP contribution is 2.36. The predicted molar refractivity (Wildman–Crippen MR) is 79.3 cm³/mol. The molecule has 0 aliphatic carbocycles. The van der Waals surface area contributed by atoms with Crippen molar-refractivity contribution in [2.45, 2.75) is 6.42 Å². The zero-order valence-corrected chi connectivity index (χ0v) is 12.1. The van der Waals surface area contributed by atoms with E-state index in [1.165, 1.54) is 19.2 Å². The molecule has 0 atom stereocenters. The van der Waals surface area contributed by atoms with E-state index >= 15 is 0 Å². The number of carbonyl (C=O) groups excluding carboxylic acids is 1. The minimum Gasteiger partial charge on any atom is -0.503 e. The largest absolute Gasteiger partial charge is 0.503 e. The second kappa shape index (κ2) is 5.26. The van der Waals surface area contributed by atoms with Crippen LogP contribution in [0.25, 0.3) is 0 Å². The Kier molecular flexibility index (Phi) is 3.43. The molecule has 0 saturated carbocycles. The normalized spacial score (nSPS) is 13.1. The molecule has 1 aromatic carbocycles. The van der Waals surface area contributed by atoms with E-state index in [0.717, 1.165) is 17.7 Å². The Hall–Kier alpha value is -2.27. The SMILES string of the molecule is COc1cc(C(=O)N2CCc3cnccc32)cc(Cl)c1O. The lowest BCUT2D eigenvalue weighted by molar-refractivity contribution is 0.0989. The Labute approximate surface area is 126 Å². The summed E-state index contributed by atoms with van der Waals surface area (Å²) in [6.45, 7) is 0.598.